The van der Waals surface area contributed by atoms with E-state index in [4.69, 9.17) is 4.74 Å². The summed E-state index contributed by atoms with van der Waals surface area (Å²) in [7, 11) is 0. The third-order valence-electron chi connectivity index (χ3n) is 10.0. The van der Waals surface area contributed by atoms with Crippen LogP contribution in [0.4, 0.5) is 0 Å². The molecule has 0 aromatic rings. The molecule has 0 atom stereocenters. The number of piperidine rings is 2. The molecule has 0 unspecified atom stereocenters. The van der Waals surface area contributed by atoms with Crippen LogP contribution >= 0.6 is 0 Å². The van der Waals surface area contributed by atoms with Gasteiger partial charge < -0.3 is 19.4 Å². The van der Waals surface area contributed by atoms with Crippen molar-refractivity contribution in [3.63, 3.8) is 0 Å². The van der Waals surface area contributed by atoms with Crippen molar-refractivity contribution in [2.75, 3.05) is 98.2 Å². The van der Waals surface area contributed by atoms with Crippen molar-refractivity contribution in [2.24, 2.45) is 5.92 Å². The number of piperazine rings is 2. The summed E-state index contributed by atoms with van der Waals surface area (Å²) < 4.78 is 5.66. The SMILES string of the molecule is CC(C)N1CCC(CN2CCN(C(C)C)CC2)CC1.CC(C)OCCN1CCC(N2CCN(C(C)C)CC2)CC1. The predicted octanol–water partition coefficient (Wildman–Crippen LogP) is 4.03. The Bertz CT molecular complexity index is 615. The van der Waals surface area contributed by atoms with E-state index >= 15 is 0 Å². The highest BCUT2D eigenvalue weighted by atomic mass is 16.5. The molecule has 0 aliphatic carbocycles. The quantitative estimate of drug-likeness (QED) is 0.396. The number of hydrogen-bond donors (Lipinski definition) is 0. The monoisotopic (exact) mass is 565 g/mol. The van der Waals surface area contributed by atoms with Gasteiger partial charge in [0.05, 0.1) is 12.7 Å². The van der Waals surface area contributed by atoms with Gasteiger partial charge >= 0.3 is 0 Å². The fourth-order valence-electron chi connectivity index (χ4n) is 7.02. The van der Waals surface area contributed by atoms with E-state index in [1.807, 2.05) is 0 Å². The zero-order valence-electron chi connectivity index (χ0n) is 28.0. The third-order valence-corrected chi connectivity index (χ3v) is 10.0. The Morgan fingerprint density at radius 1 is 0.525 bits per heavy atom. The molecular formula is C33H68N6O. The molecule has 7 nitrogen and oxygen atoms in total. The summed E-state index contributed by atoms with van der Waals surface area (Å²) >= 11 is 0. The zero-order chi connectivity index (χ0) is 29.1. The first-order chi connectivity index (χ1) is 19.1. The molecule has 0 radical (unpaired) electrons. The van der Waals surface area contributed by atoms with Crippen molar-refractivity contribution in [3.05, 3.63) is 0 Å². The molecule has 0 amide bonds. The summed E-state index contributed by atoms with van der Waals surface area (Å²) in [4.78, 5) is 15.9. The molecule has 40 heavy (non-hydrogen) atoms. The van der Waals surface area contributed by atoms with Crippen LogP contribution in [-0.2, 0) is 4.74 Å². The lowest BCUT2D eigenvalue weighted by Gasteiger charge is -2.43. The van der Waals surface area contributed by atoms with Crippen molar-refractivity contribution in [1.29, 1.82) is 0 Å². The molecule has 0 bridgehead atoms. The smallest absolute Gasteiger partial charge is 0.0596 e. The van der Waals surface area contributed by atoms with Crippen LogP contribution in [0.5, 0.6) is 0 Å². The van der Waals surface area contributed by atoms with Crippen LogP contribution in [0, 0.1) is 5.92 Å². The van der Waals surface area contributed by atoms with E-state index in [0.717, 1.165) is 37.2 Å². The van der Waals surface area contributed by atoms with Crippen LogP contribution in [0.3, 0.4) is 0 Å². The van der Waals surface area contributed by atoms with Gasteiger partial charge in [-0.15, -0.1) is 0 Å². The summed E-state index contributed by atoms with van der Waals surface area (Å²) in [6.07, 6.45) is 5.84. The van der Waals surface area contributed by atoms with E-state index in [2.05, 4.69) is 84.8 Å². The molecule has 4 aliphatic rings. The van der Waals surface area contributed by atoms with Gasteiger partial charge in [0, 0.05) is 89.6 Å². The second-order valence-corrected chi connectivity index (χ2v) is 14.2. The van der Waals surface area contributed by atoms with E-state index in [0.29, 0.717) is 12.1 Å². The van der Waals surface area contributed by atoms with E-state index in [9.17, 15) is 0 Å². The molecule has 0 aromatic carbocycles. The Hall–Kier alpha value is -0.280. The van der Waals surface area contributed by atoms with Gasteiger partial charge in [0.15, 0.2) is 0 Å². The maximum absolute atomic E-state index is 5.66. The van der Waals surface area contributed by atoms with Crippen LogP contribution in [0.2, 0.25) is 0 Å². The molecule has 0 spiro atoms. The van der Waals surface area contributed by atoms with Crippen LogP contribution in [-0.4, -0.2) is 158 Å². The molecule has 4 fully saturated rings. The van der Waals surface area contributed by atoms with Crippen molar-refractivity contribution >= 4 is 0 Å². The summed E-state index contributed by atoms with van der Waals surface area (Å²) in [5, 5.41) is 0. The Morgan fingerprint density at radius 3 is 1.48 bits per heavy atom. The second-order valence-electron chi connectivity index (χ2n) is 14.2. The lowest BCUT2D eigenvalue weighted by Crippen LogP contribution is -2.54. The summed E-state index contributed by atoms with van der Waals surface area (Å²) in [6.45, 7) is 36.7. The van der Waals surface area contributed by atoms with Gasteiger partial charge in [-0.1, -0.05) is 0 Å². The van der Waals surface area contributed by atoms with Gasteiger partial charge in [0.25, 0.3) is 0 Å². The molecule has 0 aromatic heterocycles. The number of nitrogens with zero attached hydrogens (tertiary/aromatic N) is 6. The molecule has 0 N–H and O–H groups in total. The molecule has 4 heterocycles. The summed E-state index contributed by atoms with van der Waals surface area (Å²) in [6, 6.07) is 2.98. The highest BCUT2D eigenvalue weighted by Crippen LogP contribution is 2.21. The Kier molecular flexibility index (Phi) is 15.2. The number of hydrogen-bond acceptors (Lipinski definition) is 7. The van der Waals surface area contributed by atoms with Gasteiger partial charge in [-0.3, -0.25) is 14.7 Å². The molecule has 0 saturated carbocycles. The standard InChI is InChI=1S/C17H35N3O.C16H33N3/c1-15(2)19-9-11-20(12-10-19)17-5-7-18(8-6-17)13-14-21-16(3)4;1-14(2)18-7-5-16(6-8-18)13-17-9-11-19(12-10-17)15(3)4/h15-17H,5-14H2,1-4H3;14-16H,5-13H2,1-4H3. The second kappa shape index (κ2) is 17.7. The molecule has 4 saturated heterocycles. The van der Waals surface area contributed by atoms with Gasteiger partial charge in [0.2, 0.25) is 0 Å². The zero-order valence-corrected chi connectivity index (χ0v) is 28.0. The van der Waals surface area contributed by atoms with Gasteiger partial charge in [-0.25, -0.2) is 0 Å². The first-order valence-corrected chi connectivity index (χ1v) is 17.1. The van der Waals surface area contributed by atoms with Crippen molar-refractivity contribution < 1.29 is 4.74 Å². The topological polar surface area (TPSA) is 28.7 Å². The number of rotatable bonds is 10. The third kappa shape index (κ3) is 11.8. The Labute approximate surface area is 249 Å². The van der Waals surface area contributed by atoms with Gasteiger partial charge in [-0.2, -0.15) is 0 Å². The normalized spacial score (nSPS) is 24.9. The summed E-state index contributed by atoms with van der Waals surface area (Å²) in [5.74, 6) is 0.945. The minimum atomic E-state index is 0.361. The largest absolute Gasteiger partial charge is 0.377 e. The maximum Gasteiger partial charge on any atom is 0.0596 e. The highest BCUT2D eigenvalue weighted by molar-refractivity contribution is 4.84. The van der Waals surface area contributed by atoms with Crippen molar-refractivity contribution in [2.45, 2.75) is 111 Å². The molecular weight excluding hydrogens is 496 g/mol. The van der Waals surface area contributed by atoms with E-state index in [-0.39, 0.29) is 0 Å². The Balaban J connectivity index is 0.000000222. The number of likely N-dealkylation sites (tertiary alicyclic amines) is 2. The Morgan fingerprint density at radius 2 is 1.00 bits per heavy atom. The maximum atomic E-state index is 5.66. The van der Waals surface area contributed by atoms with Gasteiger partial charge in [0.1, 0.15) is 0 Å². The highest BCUT2D eigenvalue weighted by Gasteiger charge is 2.28. The molecule has 4 aliphatic heterocycles. The van der Waals surface area contributed by atoms with Crippen molar-refractivity contribution in [3.8, 4) is 0 Å². The molecule has 7 heteroatoms. The van der Waals surface area contributed by atoms with Crippen LogP contribution in [0.15, 0.2) is 0 Å². The fourth-order valence-corrected chi connectivity index (χ4v) is 7.02. The van der Waals surface area contributed by atoms with E-state index in [1.165, 1.54) is 111 Å². The van der Waals surface area contributed by atoms with E-state index < -0.39 is 0 Å². The van der Waals surface area contributed by atoms with Crippen LogP contribution < -0.4 is 0 Å². The molecule has 236 valence electrons. The van der Waals surface area contributed by atoms with Crippen LogP contribution in [0.1, 0.15) is 81.1 Å². The van der Waals surface area contributed by atoms with Gasteiger partial charge in [-0.05, 0) is 113 Å². The first-order valence-electron chi connectivity index (χ1n) is 17.1. The minimum Gasteiger partial charge on any atom is -0.377 e. The fraction of sp³-hybridized carbons (Fsp3) is 1.00. The minimum absolute atomic E-state index is 0.361. The number of ether oxygens (including phenoxy) is 1. The lowest BCUT2D eigenvalue weighted by atomic mass is 9.95. The van der Waals surface area contributed by atoms with Crippen LogP contribution in [0.25, 0.3) is 0 Å². The van der Waals surface area contributed by atoms with Crippen molar-refractivity contribution in [1.82, 2.24) is 29.4 Å². The summed E-state index contributed by atoms with van der Waals surface area (Å²) in [5.41, 5.74) is 0. The molecule has 4 rings (SSSR count). The average molecular weight is 565 g/mol. The first kappa shape index (κ1) is 34.2. The predicted molar refractivity (Wildman–Crippen MR) is 171 cm³/mol. The average Bonchev–Trinajstić information content (AvgIpc) is 2.94. The lowest BCUT2D eigenvalue weighted by molar-refractivity contribution is 0.0286. The van der Waals surface area contributed by atoms with E-state index in [1.54, 1.807) is 0 Å².